The number of nitrogens with zero attached hydrogens (tertiary/aromatic N) is 2. The average Bonchev–Trinajstić information content (AvgIpc) is 2.49. The molecule has 1 aliphatic rings. The minimum atomic E-state index is -0.0817. The molecule has 0 aliphatic carbocycles. The van der Waals surface area contributed by atoms with Crippen LogP contribution in [-0.4, -0.2) is 37.1 Å². The summed E-state index contributed by atoms with van der Waals surface area (Å²) in [5.74, 6) is 0. The van der Waals surface area contributed by atoms with E-state index >= 15 is 0 Å². The highest BCUT2D eigenvalue weighted by molar-refractivity contribution is 6.33. The van der Waals surface area contributed by atoms with Crippen molar-refractivity contribution >= 4 is 29.0 Å². The van der Waals surface area contributed by atoms with Gasteiger partial charge in [-0.3, -0.25) is 0 Å². The molecule has 0 radical (unpaired) electrons. The Morgan fingerprint density at radius 3 is 2.48 bits per heavy atom. The van der Waals surface area contributed by atoms with Gasteiger partial charge in [0.25, 0.3) is 0 Å². The maximum absolute atomic E-state index is 12.0. The summed E-state index contributed by atoms with van der Waals surface area (Å²) in [5.41, 5.74) is 1.81. The van der Waals surface area contributed by atoms with Gasteiger partial charge in [-0.05, 0) is 51.3 Å². The minimum Gasteiger partial charge on any atom is -0.370 e. The molecule has 1 aromatic carbocycles. The molecule has 2 rings (SSSR count). The van der Waals surface area contributed by atoms with Crippen molar-refractivity contribution in [3.63, 3.8) is 0 Å². The number of amides is 2. The molecule has 0 bridgehead atoms. The van der Waals surface area contributed by atoms with Crippen LogP contribution in [-0.2, 0) is 0 Å². The fourth-order valence-electron chi connectivity index (χ4n) is 2.69. The number of halogens is 1. The van der Waals surface area contributed by atoms with Crippen LogP contribution >= 0.6 is 11.6 Å². The van der Waals surface area contributed by atoms with Crippen LogP contribution < -0.4 is 10.2 Å². The van der Waals surface area contributed by atoms with Crippen LogP contribution in [0.1, 0.15) is 33.1 Å². The first kappa shape index (κ1) is 16.0. The first-order valence-electron chi connectivity index (χ1n) is 7.76. The van der Waals surface area contributed by atoms with Crippen molar-refractivity contribution in [1.82, 2.24) is 4.90 Å². The molecule has 116 valence electrons. The van der Waals surface area contributed by atoms with Crippen molar-refractivity contribution in [3.05, 3.63) is 23.2 Å². The molecule has 21 heavy (non-hydrogen) atoms. The lowest BCUT2D eigenvalue weighted by Gasteiger charge is -2.29. The standard InChI is InChI=1S/C16H24ClN3O/c1-3-19(4-2)16(21)18-13-8-9-15(14(17)12-13)20-10-6-5-7-11-20/h8-9,12H,3-7,10-11H2,1-2H3,(H,18,21). The molecule has 4 nitrogen and oxygen atoms in total. The predicted octanol–water partition coefficient (Wildman–Crippen LogP) is 4.20. The lowest BCUT2D eigenvalue weighted by molar-refractivity contribution is 0.217. The monoisotopic (exact) mass is 309 g/mol. The summed E-state index contributed by atoms with van der Waals surface area (Å²) in [6.07, 6.45) is 3.74. The molecule has 0 saturated carbocycles. The number of rotatable bonds is 4. The minimum absolute atomic E-state index is 0.0817. The fourth-order valence-corrected chi connectivity index (χ4v) is 2.99. The van der Waals surface area contributed by atoms with Crippen LogP contribution in [0.5, 0.6) is 0 Å². The predicted molar refractivity (Wildman–Crippen MR) is 89.5 cm³/mol. The summed E-state index contributed by atoms with van der Waals surface area (Å²) < 4.78 is 0. The van der Waals surface area contributed by atoms with Crippen LogP contribution in [0.25, 0.3) is 0 Å². The average molecular weight is 310 g/mol. The van der Waals surface area contributed by atoms with E-state index in [1.807, 2.05) is 32.0 Å². The van der Waals surface area contributed by atoms with Gasteiger partial charge in [0, 0.05) is 31.9 Å². The zero-order chi connectivity index (χ0) is 15.2. The van der Waals surface area contributed by atoms with Gasteiger partial charge in [-0.25, -0.2) is 4.79 Å². The SMILES string of the molecule is CCN(CC)C(=O)Nc1ccc(N2CCCCC2)c(Cl)c1. The van der Waals surface area contributed by atoms with Crippen LogP contribution in [0.2, 0.25) is 5.02 Å². The second-order valence-corrected chi connectivity index (χ2v) is 5.72. The van der Waals surface area contributed by atoms with Crippen molar-refractivity contribution in [2.45, 2.75) is 33.1 Å². The molecule has 5 heteroatoms. The first-order chi connectivity index (χ1) is 10.2. The molecule has 0 spiro atoms. The Labute approximate surface area is 132 Å². The van der Waals surface area contributed by atoms with E-state index in [1.54, 1.807) is 4.90 Å². The highest BCUT2D eigenvalue weighted by Gasteiger charge is 2.15. The second kappa shape index (κ2) is 7.55. The summed E-state index contributed by atoms with van der Waals surface area (Å²) >= 11 is 6.39. The molecule has 1 N–H and O–H groups in total. The molecule has 0 atom stereocenters. The number of carbonyl (C=O) groups excluding carboxylic acids is 1. The molecule has 0 unspecified atom stereocenters. The topological polar surface area (TPSA) is 35.6 Å². The number of piperidine rings is 1. The Morgan fingerprint density at radius 2 is 1.90 bits per heavy atom. The third-order valence-electron chi connectivity index (χ3n) is 3.95. The van der Waals surface area contributed by atoms with Gasteiger partial charge in [-0.15, -0.1) is 0 Å². The Kier molecular flexibility index (Phi) is 5.74. The van der Waals surface area contributed by atoms with Crippen molar-refractivity contribution in [1.29, 1.82) is 0 Å². The lowest BCUT2D eigenvalue weighted by Crippen LogP contribution is -2.34. The van der Waals surface area contributed by atoms with E-state index in [0.717, 1.165) is 24.5 Å². The Hall–Kier alpha value is -1.42. The maximum Gasteiger partial charge on any atom is 0.321 e. The van der Waals surface area contributed by atoms with Crippen LogP contribution in [0.15, 0.2) is 18.2 Å². The van der Waals surface area contributed by atoms with E-state index in [9.17, 15) is 4.79 Å². The van der Waals surface area contributed by atoms with Gasteiger partial charge in [0.15, 0.2) is 0 Å². The van der Waals surface area contributed by atoms with E-state index in [-0.39, 0.29) is 6.03 Å². The van der Waals surface area contributed by atoms with Crippen molar-refractivity contribution in [3.8, 4) is 0 Å². The van der Waals surface area contributed by atoms with Crippen molar-refractivity contribution in [2.24, 2.45) is 0 Å². The summed E-state index contributed by atoms with van der Waals surface area (Å²) in [4.78, 5) is 16.1. The molecule has 2 amide bonds. The number of anilines is 2. The van der Waals surface area contributed by atoms with E-state index in [2.05, 4.69) is 10.2 Å². The molecule has 1 aliphatic heterocycles. The molecule has 1 saturated heterocycles. The Morgan fingerprint density at radius 1 is 1.24 bits per heavy atom. The number of nitrogens with one attached hydrogen (secondary N) is 1. The first-order valence-corrected chi connectivity index (χ1v) is 8.14. The van der Waals surface area contributed by atoms with E-state index < -0.39 is 0 Å². The maximum atomic E-state index is 12.0. The molecule has 0 aromatic heterocycles. The number of urea groups is 1. The molecular weight excluding hydrogens is 286 g/mol. The summed E-state index contributed by atoms with van der Waals surface area (Å²) in [6, 6.07) is 5.69. The summed E-state index contributed by atoms with van der Waals surface area (Å²) in [7, 11) is 0. The lowest BCUT2D eigenvalue weighted by atomic mass is 10.1. The van der Waals surface area contributed by atoms with Gasteiger partial charge in [-0.2, -0.15) is 0 Å². The van der Waals surface area contributed by atoms with Gasteiger partial charge in [0.05, 0.1) is 10.7 Å². The fraction of sp³-hybridized carbons (Fsp3) is 0.562. The largest absolute Gasteiger partial charge is 0.370 e. The molecule has 1 aromatic rings. The smallest absolute Gasteiger partial charge is 0.321 e. The van der Waals surface area contributed by atoms with Gasteiger partial charge >= 0.3 is 6.03 Å². The normalized spacial score (nSPS) is 14.9. The zero-order valence-electron chi connectivity index (χ0n) is 12.9. The van der Waals surface area contributed by atoms with Gasteiger partial charge in [0.2, 0.25) is 0 Å². The van der Waals surface area contributed by atoms with Gasteiger partial charge in [-0.1, -0.05) is 11.6 Å². The summed E-state index contributed by atoms with van der Waals surface area (Å²) in [5, 5.41) is 3.60. The number of hydrogen-bond acceptors (Lipinski definition) is 2. The highest BCUT2D eigenvalue weighted by Crippen LogP contribution is 2.30. The van der Waals surface area contributed by atoms with Gasteiger partial charge < -0.3 is 15.1 Å². The number of carbonyl (C=O) groups is 1. The number of benzene rings is 1. The quantitative estimate of drug-likeness (QED) is 0.904. The molecule has 1 heterocycles. The van der Waals surface area contributed by atoms with E-state index in [1.165, 1.54) is 19.3 Å². The zero-order valence-corrected chi connectivity index (χ0v) is 13.6. The summed E-state index contributed by atoms with van der Waals surface area (Å²) in [6.45, 7) is 7.45. The Bertz CT molecular complexity index is 482. The van der Waals surface area contributed by atoms with Crippen LogP contribution in [0.4, 0.5) is 16.2 Å². The molecular formula is C16H24ClN3O. The number of hydrogen-bond donors (Lipinski definition) is 1. The van der Waals surface area contributed by atoms with Crippen LogP contribution in [0.3, 0.4) is 0 Å². The van der Waals surface area contributed by atoms with E-state index in [4.69, 9.17) is 11.6 Å². The third-order valence-corrected chi connectivity index (χ3v) is 4.25. The Balaban J connectivity index is 2.06. The van der Waals surface area contributed by atoms with Crippen molar-refractivity contribution < 1.29 is 4.79 Å². The van der Waals surface area contributed by atoms with Gasteiger partial charge in [0.1, 0.15) is 0 Å². The van der Waals surface area contributed by atoms with E-state index in [0.29, 0.717) is 18.1 Å². The second-order valence-electron chi connectivity index (χ2n) is 5.32. The molecule has 1 fully saturated rings. The highest BCUT2D eigenvalue weighted by atomic mass is 35.5. The third kappa shape index (κ3) is 4.03. The van der Waals surface area contributed by atoms with Crippen molar-refractivity contribution in [2.75, 3.05) is 36.4 Å². The van der Waals surface area contributed by atoms with Crippen LogP contribution in [0, 0.1) is 0 Å².